The van der Waals surface area contributed by atoms with Gasteiger partial charge in [-0.25, -0.2) is 8.42 Å². The summed E-state index contributed by atoms with van der Waals surface area (Å²) in [7, 11) is -1.71. The highest BCUT2D eigenvalue weighted by molar-refractivity contribution is 7.92. The molecule has 3 aromatic rings. The largest absolute Gasteiger partial charge is 0.375 e. The van der Waals surface area contributed by atoms with E-state index in [4.69, 9.17) is 0 Å². The fraction of sp³-hybridized carbons (Fsp3) is 0.240. The smallest absolute Gasteiger partial charge is 0.264 e. The zero-order valence-electron chi connectivity index (χ0n) is 18.1. The number of sulfonamides is 1. The molecule has 1 heterocycles. The fourth-order valence-corrected chi connectivity index (χ4v) is 5.46. The highest BCUT2D eigenvalue weighted by atomic mass is 32.2. The number of benzene rings is 3. The molecule has 0 radical (unpaired) electrons. The van der Waals surface area contributed by atoms with Crippen LogP contribution in [0.15, 0.2) is 83.8 Å². The molecule has 0 aromatic heterocycles. The van der Waals surface area contributed by atoms with E-state index >= 15 is 0 Å². The SMILES string of the molecule is CN(CCCNC(=O)c1cccc(S(=O)(=O)N2CCc3ccccc32)c1)c1ccccc1. The standard InChI is InChI=1S/C25H27N3O3S/c1-27(22-11-3-2-4-12-22)17-8-16-26-25(29)21-10-7-13-23(19-21)32(30,31)28-18-15-20-9-5-6-14-24(20)28/h2-7,9-14,19H,8,15-18H2,1H3,(H,26,29). The molecule has 0 atom stereocenters. The van der Waals surface area contributed by atoms with Gasteiger partial charge in [-0.3, -0.25) is 9.10 Å². The summed E-state index contributed by atoms with van der Waals surface area (Å²) < 4.78 is 27.9. The fourth-order valence-electron chi connectivity index (χ4n) is 3.91. The van der Waals surface area contributed by atoms with Crippen LogP contribution >= 0.6 is 0 Å². The maximum absolute atomic E-state index is 13.2. The van der Waals surface area contributed by atoms with Crippen molar-refractivity contribution in [3.8, 4) is 0 Å². The number of hydrogen-bond donors (Lipinski definition) is 1. The summed E-state index contributed by atoms with van der Waals surface area (Å²) in [6.07, 6.45) is 1.46. The number of rotatable bonds is 8. The molecule has 4 rings (SSSR count). The maximum Gasteiger partial charge on any atom is 0.264 e. The Morgan fingerprint density at radius 1 is 1.00 bits per heavy atom. The molecule has 32 heavy (non-hydrogen) atoms. The first-order valence-corrected chi connectivity index (χ1v) is 12.2. The number of nitrogens with zero attached hydrogens (tertiary/aromatic N) is 2. The zero-order valence-corrected chi connectivity index (χ0v) is 18.9. The zero-order chi connectivity index (χ0) is 22.6. The minimum Gasteiger partial charge on any atom is -0.375 e. The lowest BCUT2D eigenvalue weighted by atomic mass is 10.2. The van der Waals surface area contributed by atoms with Crippen molar-refractivity contribution < 1.29 is 13.2 Å². The Balaban J connectivity index is 1.38. The summed E-state index contributed by atoms with van der Waals surface area (Å²) in [5.41, 5.74) is 3.20. The van der Waals surface area contributed by atoms with E-state index in [1.807, 2.05) is 61.6 Å². The van der Waals surface area contributed by atoms with Crippen molar-refractivity contribution in [2.75, 3.05) is 35.9 Å². The van der Waals surface area contributed by atoms with Crippen molar-refractivity contribution >= 4 is 27.3 Å². The van der Waals surface area contributed by atoms with Crippen molar-refractivity contribution in [2.45, 2.75) is 17.7 Å². The van der Waals surface area contributed by atoms with E-state index in [1.165, 1.54) is 10.4 Å². The summed E-state index contributed by atoms with van der Waals surface area (Å²) >= 11 is 0. The first-order chi connectivity index (χ1) is 15.5. The van der Waals surface area contributed by atoms with E-state index in [1.54, 1.807) is 18.2 Å². The number of hydrogen-bond acceptors (Lipinski definition) is 4. The van der Waals surface area contributed by atoms with Crippen molar-refractivity contribution in [3.05, 3.63) is 90.0 Å². The van der Waals surface area contributed by atoms with Crippen LogP contribution in [0.3, 0.4) is 0 Å². The molecule has 1 N–H and O–H groups in total. The summed E-state index contributed by atoms with van der Waals surface area (Å²) in [6, 6.07) is 23.8. The predicted molar refractivity (Wildman–Crippen MR) is 128 cm³/mol. The predicted octanol–water partition coefficient (Wildman–Crippen LogP) is 3.69. The highest BCUT2D eigenvalue weighted by Crippen LogP contribution is 2.32. The topological polar surface area (TPSA) is 69.7 Å². The van der Waals surface area contributed by atoms with Crippen LogP contribution < -0.4 is 14.5 Å². The quantitative estimate of drug-likeness (QED) is 0.533. The highest BCUT2D eigenvalue weighted by Gasteiger charge is 2.30. The molecular weight excluding hydrogens is 422 g/mol. The van der Waals surface area contributed by atoms with Crippen LogP contribution in [-0.2, 0) is 16.4 Å². The van der Waals surface area contributed by atoms with E-state index in [2.05, 4.69) is 10.2 Å². The molecule has 1 aliphatic heterocycles. The minimum absolute atomic E-state index is 0.130. The van der Waals surface area contributed by atoms with Gasteiger partial charge in [-0.1, -0.05) is 42.5 Å². The molecule has 0 unspecified atom stereocenters. The molecule has 7 heteroatoms. The van der Waals surface area contributed by atoms with Gasteiger partial charge < -0.3 is 10.2 Å². The van der Waals surface area contributed by atoms with Gasteiger partial charge in [-0.2, -0.15) is 0 Å². The number of carbonyl (C=O) groups excluding carboxylic acids is 1. The Morgan fingerprint density at radius 3 is 2.56 bits per heavy atom. The molecule has 0 aliphatic carbocycles. The molecule has 0 saturated carbocycles. The van der Waals surface area contributed by atoms with Crippen molar-refractivity contribution in [2.24, 2.45) is 0 Å². The lowest BCUT2D eigenvalue weighted by molar-refractivity contribution is 0.0953. The average Bonchev–Trinajstić information content (AvgIpc) is 3.27. The minimum atomic E-state index is -3.73. The van der Waals surface area contributed by atoms with Crippen molar-refractivity contribution in [3.63, 3.8) is 0 Å². The van der Waals surface area contributed by atoms with Crippen molar-refractivity contribution in [1.82, 2.24) is 5.32 Å². The lowest BCUT2D eigenvalue weighted by Crippen LogP contribution is -2.30. The van der Waals surface area contributed by atoms with Crippen LogP contribution in [0, 0.1) is 0 Å². The van der Waals surface area contributed by atoms with Gasteiger partial charge in [-0.15, -0.1) is 0 Å². The molecule has 1 amide bonds. The monoisotopic (exact) mass is 449 g/mol. The molecule has 6 nitrogen and oxygen atoms in total. The van der Waals surface area contributed by atoms with E-state index in [-0.39, 0.29) is 10.8 Å². The van der Waals surface area contributed by atoms with Crippen LogP contribution in [0.5, 0.6) is 0 Å². The van der Waals surface area contributed by atoms with E-state index in [9.17, 15) is 13.2 Å². The summed E-state index contributed by atoms with van der Waals surface area (Å²) in [4.78, 5) is 14.9. The number of para-hydroxylation sites is 2. The normalized spacial score (nSPS) is 13.0. The van der Waals surface area contributed by atoms with Gasteiger partial charge in [0.2, 0.25) is 0 Å². The van der Waals surface area contributed by atoms with Gasteiger partial charge in [0, 0.05) is 37.9 Å². The number of carbonyl (C=O) groups is 1. The average molecular weight is 450 g/mol. The van der Waals surface area contributed by atoms with E-state index < -0.39 is 10.0 Å². The third-order valence-corrected chi connectivity index (χ3v) is 7.49. The first kappa shape index (κ1) is 21.9. The van der Waals surface area contributed by atoms with Crippen LogP contribution in [0.4, 0.5) is 11.4 Å². The van der Waals surface area contributed by atoms with Gasteiger partial charge in [0.25, 0.3) is 15.9 Å². The van der Waals surface area contributed by atoms with Gasteiger partial charge in [0.15, 0.2) is 0 Å². The molecule has 0 fully saturated rings. The van der Waals surface area contributed by atoms with Crippen LogP contribution in [0.25, 0.3) is 0 Å². The van der Waals surface area contributed by atoms with Crippen LogP contribution in [0.2, 0.25) is 0 Å². The summed E-state index contributed by atoms with van der Waals surface area (Å²) in [6.45, 7) is 1.71. The maximum atomic E-state index is 13.2. The molecule has 1 aliphatic rings. The summed E-state index contributed by atoms with van der Waals surface area (Å²) in [5, 5.41) is 2.90. The number of amides is 1. The number of anilines is 2. The lowest BCUT2D eigenvalue weighted by Gasteiger charge is -2.20. The Bertz CT molecular complexity index is 1200. The molecular formula is C25H27N3O3S. The third kappa shape index (κ3) is 4.62. The Hall–Kier alpha value is -3.32. The second-order valence-corrected chi connectivity index (χ2v) is 9.71. The van der Waals surface area contributed by atoms with E-state index in [0.717, 1.165) is 24.2 Å². The summed E-state index contributed by atoms with van der Waals surface area (Å²) in [5.74, 6) is -0.272. The van der Waals surface area contributed by atoms with Crippen LogP contribution in [0.1, 0.15) is 22.3 Å². The Kier molecular flexibility index (Phi) is 6.46. The molecule has 0 saturated heterocycles. The van der Waals surface area contributed by atoms with Gasteiger partial charge in [-0.05, 0) is 54.8 Å². The Labute approximate surface area is 189 Å². The van der Waals surface area contributed by atoms with Crippen LogP contribution in [-0.4, -0.2) is 41.0 Å². The molecule has 3 aromatic carbocycles. The third-order valence-electron chi connectivity index (χ3n) is 5.68. The molecule has 0 spiro atoms. The van der Waals surface area contributed by atoms with E-state index in [0.29, 0.717) is 30.8 Å². The molecule has 0 bridgehead atoms. The Morgan fingerprint density at radius 2 is 1.75 bits per heavy atom. The molecule has 166 valence electrons. The van der Waals surface area contributed by atoms with Gasteiger partial charge in [0.1, 0.15) is 0 Å². The van der Waals surface area contributed by atoms with Gasteiger partial charge in [0.05, 0.1) is 10.6 Å². The second kappa shape index (κ2) is 9.44. The number of fused-ring (bicyclic) bond motifs is 1. The van der Waals surface area contributed by atoms with Gasteiger partial charge >= 0.3 is 0 Å². The van der Waals surface area contributed by atoms with Crippen molar-refractivity contribution in [1.29, 1.82) is 0 Å². The number of nitrogens with one attached hydrogen (secondary N) is 1. The first-order valence-electron chi connectivity index (χ1n) is 10.7. The second-order valence-electron chi connectivity index (χ2n) is 7.85.